The highest BCUT2D eigenvalue weighted by Crippen LogP contribution is 2.37. The molecule has 0 aliphatic heterocycles. The fourth-order valence-corrected chi connectivity index (χ4v) is 2.35. The zero-order valence-corrected chi connectivity index (χ0v) is 11.2. The Labute approximate surface area is 120 Å². The maximum Gasteiger partial charge on any atom is 0.270 e. The number of hydrogen-bond acceptors (Lipinski definition) is 3. The van der Waals surface area contributed by atoms with E-state index in [0.29, 0.717) is 5.69 Å². The number of amides is 1. The Morgan fingerprint density at radius 1 is 1.19 bits per heavy atom. The number of nitrogens with zero attached hydrogens (tertiary/aromatic N) is 1. The van der Waals surface area contributed by atoms with Gasteiger partial charge in [0.1, 0.15) is 11.4 Å². The molecule has 108 valence electrons. The van der Waals surface area contributed by atoms with Crippen LogP contribution in [0.4, 0.5) is 4.39 Å². The number of aromatic nitrogens is 1. The van der Waals surface area contributed by atoms with Gasteiger partial charge in [-0.05, 0) is 54.8 Å². The lowest BCUT2D eigenvalue weighted by Crippen LogP contribution is -2.36. The number of hydrazine groups is 1. The third kappa shape index (κ3) is 2.45. The maximum absolute atomic E-state index is 13.0. The lowest BCUT2D eigenvalue weighted by molar-refractivity contribution is 0.0951. The highest BCUT2D eigenvalue weighted by Gasteiger charge is 2.28. The molecular formula is C15H14FN3O2. The lowest BCUT2D eigenvalue weighted by atomic mass is 10.1. The largest absolute Gasteiger partial charge is 0.305 e. The summed E-state index contributed by atoms with van der Waals surface area (Å²) in [5, 5.41) is 0. The molecule has 1 aromatic heterocycles. The van der Waals surface area contributed by atoms with Crippen molar-refractivity contribution in [1.29, 1.82) is 0 Å². The van der Waals surface area contributed by atoms with E-state index in [4.69, 9.17) is 5.84 Å². The number of benzene rings is 1. The molecule has 0 unspecified atom stereocenters. The smallest absolute Gasteiger partial charge is 0.270 e. The molecule has 0 spiro atoms. The Kier molecular flexibility index (Phi) is 3.31. The molecule has 5 nitrogen and oxygen atoms in total. The van der Waals surface area contributed by atoms with Gasteiger partial charge in [0, 0.05) is 6.04 Å². The summed E-state index contributed by atoms with van der Waals surface area (Å²) < 4.78 is 14.6. The third-order valence-corrected chi connectivity index (χ3v) is 3.54. The fraction of sp³-hybridized carbons (Fsp3) is 0.200. The van der Waals surface area contributed by atoms with Gasteiger partial charge in [-0.3, -0.25) is 15.0 Å². The number of nitrogens with one attached hydrogen (secondary N) is 1. The van der Waals surface area contributed by atoms with Gasteiger partial charge in [0.05, 0.1) is 5.69 Å². The second-order valence-electron chi connectivity index (χ2n) is 5.02. The van der Waals surface area contributed by atoms with Gasteiger partial charge in [0.15, 0.2) is 0 Å². The van der Waals surface area contributed by atoms with E-state index in [-0.39, 0.29) is 23.0 Å². The van der Waals surface area contributed by atoms with Crippen LogP contribution in [-0.4, -0.2) is 10.5 Å². The fourth-order valence-electron chi connectivity index (χ4n) is 2.35. The van der Waals surface area contributed by atoms with Crippen LogP contribution in [0.1, 0.15) is 29.2 Å². The van der Waals surface area contributed by atoms with E-state index in [0.717, 1.165) is 18.4 Å². The Hall–Kier alpha value is -2.47. The number of rotatable bonds is 3. The molecule has 1 saturated carbocycles. The van der Waals surface area contributed by atoms with E-state index in [2.05, 4.69) is 0 Å². The molecule has 0 radical (unpaired) electrons. The maximum atomic E-state index is 13.0. The molecule has 1 amide bonds. The van der Waals surface area contributed by atoms with E-state index in [1.54, 1.807) is 22.8 Å². The Bertz CT molecular complexity index is 749. The highest BCUT2D eigenvalue weighted by molar-refractivity contribution is 5.93. The van der Waals surface area contributed by atoms with Crippen LogP contribution < -0.4 is 16.8 Å². The summed E-state index contributed by atoms with van der Waals surface area (Å²) in [7, 11) is 0. The van der Waals surface area contributed by atoms with Crippen LogP contribution >= 0.6 is 0 Å². The molecule has 3 rings (SSSR count). The minimum absolute atomic E-state index is 0.00950. The molecule has 6 heteroatoms. The quantitative estimate of drug-likeness (QED) is 0.511. The van der Waals surface area contributed by atoms with Gasteiger partial charge in [0.2, 0.25) is 0 Å². The number of halogens is 1. The first kappa shape index (κ1) is 13.5. The van der Waals surface area contributed by atoms with Gasteiger partial charge in [-0.1, -0.05) is 0 Å². The molecule has 0 saturated heterocycles. The van der Waals surface area contributed by atoms with Crippen molar-refractivity contribution in [3.05, 3.63) is 58.1 Å². The number of carbonyl (C=O) groups excluding carboxylic acids is 1. The van der Waals surface area contributed by atoms with Crippen molar-refractivity contribution in [2.75, 3.05) is 0 Å². The first-order valence-corrected chi connectivity index (χ1v) is 6.64. The minimum Gasteiger partial charge on any atom is -0.305 e. The molecule has 1 heterocycles. The normalized spacial score (nSPS) is 14.0. The van der Waals surface area contributed by atoms with Crippen molar-refractivity contribution < 1.29 is 9.18 Å². The SMILES string of the molecule is NNC(=O)c1ccc(-c2ccc(F)cc2)n(C2CC2)c1=O. The second-order valence-corrected chi connectivity index (χ2v) is 5.02. The number of hydrogen-bond donors (Lipinski definition) is 2. The summed E-state index contributed by atoms with van der Waals surface area (Å²) in [5.74, 6) is 4.15. The number of pyridine rings is 1. The summed E-state index contributed by atoms with van der Waals surface area (Å²) in [6, 6.07) is 9.15. The molecule has 0 bridgehead atoms. The third-order valence-electron chi connectivity index (χ3n) is 3.54. The average Bonchev–Trinajstić information content (AvgIpc) is 3.31. The van der Waals surface area contributed by atoms with Crippen molar-refractivity contribution in [3.63, 3.8) is 0 Å². The highest BCUT2D eigenvalue weighted by atomic mass is 19.1. The summed E-state index contributed by atoms with van der Waals surface area (Å²) in [6.45, 7) is 0. The van der Waals surface area contributed by atoms with Crippen molar-refractivity contribution in [3.8, 4) is 11.3 Å². The number of nitrogen functional groups attached to an aromatic ring is 1. The molecule has 1 aliphatic rings. The summed E-state index contributed by atoms with van der Waals surface area (Å²) in [6.07, 6.45) is 1.78. The molecule has 0 atom stereocenters. The van der Waals surface area contributed by atoms with Crippen LogP contribution in [0, 0.1) is 5.82 Å². The number of nitrogens with two attached hydrogens (primary N) is 1. The van der Waals surface area contributed by atoms with Crippen LogP contribution in [0.15, 0.2) is 41.2 Å². The second kappa shape index (κ2) is 5.14. The molecule has 1 aliphatic carbocycles. The summed E-state index contributed by atoms with van der Waals surface area (Å²) >= 11 is 0. The van der Waals surface area contributed by atoms with Crippen LogP contribution in [0.3, 0.4) is 0 Å². The van der Waals surface area contributed by atoms with Crippen LogP contribution in [0.2, 0.25) is 0 Å². The van der Waals surface area contributed by atoms with Gasteiger partial charge in [0.25, 0.3) is 11.5 Å². The van der Waals surface area contributed by atoms with Crippen molar-refractivity contribution in [1.82, 2.24) is 9.99 Å². The first-order valence-electron chi connectivity index (χ1n) is 6.64. The molecule has 1 fully saturated rings. The van der Waals surface area contributed by atoms with Crippen molar-refractivity contribution in [2.45, 2.75) is 18.9 Å². The Morgan fingerprint density at radius 3 is 2.43 bits per heavy atom. The van der Waals surface area contributed by atoms with E-state index >= 15 is 0 Å². The van der Waals surface area contributed by atoms with Gasteiger partial charge in [-0.2, -0.15) is 0 Å². The standard InChI is InChI=1S/C15H14FN3O2/c16-10-3-1-9(2-4-10)13-8-7-12(14(20)18-17)15(21)19(13)11-5-6-11/h1-4,7-8,11H,5-6,17H2,(H,18,20). The van der Waals surface area contributed by atoms with Gasteiger partial charge in [-0.15, -0.1) is 0 Å². The molecular weight excluding hydrogens is 273 g/mol. The Morgan fingerprint density at radius 2 is 1.86 bits per heavy atom. The molecule has 3 N–H and O–H groups in total. The van der Waals surface area contributed by atoms with E-state index in [1.807, 2.05) is 5.43 Å². The minimum atomic E-state index is -0.611. The summed E-state index contributed by atoms with van der Waals surface area (Å²) in [5.41, 5.74) is 3.02. The predicted molar refractivity (Wildman–Crippen MR) is 76.0 cm³/mol. The van der Waals surface area contributed by atoms with Crippen LogP contribution in [0.25, 0.3) is 11.3 Å². The Balaban J connectivity index is 2.17. The average molecular weight is 287 g/mol. The predicted octanol–water partition coefficient (Wildman–Crippen LogP) is 1.59. The first-order chi connectivity index (χ1) is 10.1. The van der Waals surface area contributed by atoms with Gasteiger partial charge >= 0.3 is 0 Å². The lowest BCUT2D eigenvalue weighted by Gasteiger charge is -2.13. The molecule has 21 heavy (non-hydrogen) atoms. The van der Waals surface area contributed by atoms with Crippen LogP contribution in [-0.2, 0) is 0 Å². The van der Waals surface area contributed by atoms with Crippen LogP contribution in [0.5, 0.6) is 0 Å². The monoisotopic (exact) mass is 287 g/mol. The van der Waals surface area contributed by atoms with Gasteiger partial charge in [-0.25, -0.2) is 10.2 Å². The van der Waals surface area contributed by atoms with Crippen molar-refractivity contribution >= 4 is 5.91 Å². The van der Waals surface area contributed by atoms with E-state index < -0.39 is 5.91 Å². The van der Waals surface area contributed by atoms with E-state index in [9.17, 15) is 14.0 Å². The zero-order chi connectivity index (χ0) is 15.0. The van der Waals surface area contributed by atoms with Gasteiger partial charge < -0.3 is 4.57 Å². The number of carbonyl (C=O) groups is 1. The zero-order valence-electron chi connectivity index (χ0n) is 11.2. The van der Waals surface area contributed by atoms with E-state index in [1.165, 1.54) is 18.2 Å². The van der Waals surface area contributed by atoms with Crippen molar-refractivity contribution in [2.24, 2.45) is 5.84 Å². The molecule has 1 aromatic carbocycles. The summed E-state index contributed by atoms with van der Waals surface area (Å²) in [4.78, 5) is 24.1. The molecule has 2 aromatic rings. The topological polar surface area (TPSA) is 77.1 Å².